The summed E-state index contributed by atoms with van der Waals surface area (Å²) in [5, 5.41) is 7.27. The molecule has 166 valence electrons. The molecule has 4 nitrogen and oxygen atoms in total. The van der Waals surface area contributed by atoms with Gasteiger partial charge in [-0.2, -0.15) is 13.2 Å². The summed E-state index contributed by atoms with van der Waals surface area (Å²) in [6.45, 7) is 2.38. The van der Waals surface area contributed by atoms with E-state index in [1.165, 1.54) is 18.2 Å². The Morgan fingerprint density at radius 1 is 1.06 bits per heavy atom. The lowest BCUT2D eigenvalue weighted by atomic mass is 9.86. The molecule has 0 saturated heterocycles. The lowest BCUT2D eigenvalue weighted by Gasteiger charge is -2.29. The van der Waals surface area contributed by atoms with E-state index in [1.54, 1.807) is 18.3 Å². The van der Waals surface area contributed by atoms with Gasteiger partial charge >= 0.3 is 6.18 Å². The minimum Gasteiger partial charge on any atom is -0.379 e. The molecule has 2 heterocycles. The molecule has 1 aliphatic rings. The Bertz CT molecular complexity index is 1150. The quantitative estimate of drug-likeness (QED) is 0.433. The highest BCUT2D eigenvalue weighted by Crippen LogP contribution is 2.49. The second-order valence-electron chi connectivity index (χ2n) is 7.49. The van der Waals surface area contributed by atoms with Crippen LogP contribution < -0.4 is 5.32 Å². The Morgan fingerprint density at radius 2 is 1.81 bits per heavy atom. The minimum atomic E-state index is -4.74. The number of alkyl halides is 3. The lowest BCUT2D eigenvalue weighted by molar-refractivity contribution is -0.275. The van der Waals surface area contributed by atoms with Crippen LogP contribution in [0.4, 0.5) is 18.9 Å². The third kappa shape index (κ3) is 4.40. The zero-order valence-corrected chi connectivity index (χ0v) is 18.4. The Morgan fingerprint density at radius 3 is 2.47 bits per heavy atom. The van der Waals surface area contributed by atoms with E-state index < -0.39 is 18.2 Å². The van der Waals surface area contributed by atoms with Crippen molar-refractivity contribution in [3.05, 3.63) is 93.2 Å². The molecule has 3 aromatic rings. The largest absolute Gasteiger partial charge is 0.435 e. The van der Waals surface area contributed by atoms with Gasteiger partial charge in [-0.1, -0.05) is 46.6 Å². The average Bonchev–Trinajstić information content (AvgIpc) is 3.20. The molecule has 0 amide bonds. The first kappa shape index (κ1) is 22.4. The zero-order valence-electron chi connectivity index (χ0n) is 16.9. The molecule has 1 atom stereocenters. The summed E-state index contributed by atoms with van der Waals surface area (Å²) in [5.41, 5.74) is 0.398. The molecule has 0 fully saturated rings. The first-order chi connectivity index (χ1) is 15.2. The van der Waals surface area contributed by atoms with E-state index >= 15 is 0 Å². The van der Waals surface area contributed by atoms with Gasteiger partial charge in [-0.15, -0.1) is 0 Å². The van der Waals surface area contributed by atoms with Crippen LogP contribution in [0.25, 0.3) is 0 Å². The molecule has 0 radical (unpaired) electrons. The van der Waals surface area contributed by atoms with E-state index in [2.05, 4.69) is 15.5 Å². The van der Waals surface area contributed by atoms with Crippen molar-refractivity contribution in [1.82, 2.24) is 4.98 Å². The Balaban J connectivity index is 1.62. The number of hydrogen-bond acceptors (Lipinski definition) is 4. The molecular formula is C23H18Cl2F3N3O. The van der Waals surface area contributed by atoms with Gasteiger partial charge in [-0.05, 0) is 48.9 Å². The number of halogens is 5. The summed E-state index contributed by atoms with van der Waals surface area (Å²) in [6, 6.07) is 14.7. The van der Waals surface area contributed by atoms with Crippen LogP contribution >= 0.6 is 23.2 Å². The van der Waals surface area contributed by atoms with Crippen LogP contribution in [-0.2, 0) is 17.0 Å². The van der Waals surface area contributed by atoms with E-state index in [-0.39, 0.29) is 21.3 Å². The predicted octanol–water partition coefficient (Wildman–Crippen LogP) is 6.89. The molecule has 9 heteroatoms. The molecule has 2 aromatic carbocycles. The smallest absolute Gasteiger partial charge is 0.379 e. The first-order valence-electron chi connectivity index (χ1n) is 9.71. The maximum atomic E-state index is 14.2. The van der Waals surface area contributed by atoms with Crippen LogP contribution in [0.1, 0.15) is 28.8 Å². The van der Waals surface area contributed by atoms with Crippen molar-refractivity contribution in [2.75, 3.05) is 5.32 Å². The van der Waals surface area contributed by atoms with Crippen LogP contribution in [-0.4, -0.2) is 16.9 Å². The average molecular weight is 480 g/mol. The predicted molar refractivity (Wildman–Crippen MR) is 119 cm³/mol. The van der Waals surface area contributed by atoms with Crippen LogP contribution in [0, 0.1) is 6.92 Å². The van der Waals surface area contributed by atoms with Gasteiger partial charge in [0.1, 0.15) is 0 Å². The Hall–Kier alpha value is -2.77. The number of benzene rings is 2. The SMILES string of the molecule is Cc1ccc(C2=NOC(c3cc(Cl)cc(Cl)c3)(C(F)(F)F)C2)cc1NCc1ccccn1. The van der Waals surface area contributed by atoms with Crippen LogP contribution in [0.2, 0.25) is 10.0 Å². The topological polar surface area (TPSA) is 46.5 Å². The number of aromatic nitrogens is 1. The number of aryl methyl sites for hydroxylation is 1. The van der Waals surface area contributed by atoms with E-state index in [9.17, 15) is 13.2 Å². The van der Waals surface area contributed by atoms with Crippen molar-refractivity contribution < 1.29 is 18.0 Å². The summed E-state index contributed by atoms with van der Waals surface area (Å²) in [5.74, 6) is 0. The van der Waals surface area contributed by atoms with Crippen molar-refractivity contribution in [1.29, 1.82) is 0 Å². The van der Waals surface area contributed by atoms with E-state index in [0.29, 0.717) is 12.1 Å². The fourth-order valence-corrected chi connectivity index (χ4v) is 4.05. The number of hydrogen-bond donors (Lipinski definition) is 1. The highest BCUT2D eigenvalue weighted by Gasteiger charge is 2.62. The third-order valence-electron chi connectivity index (χ3n) is 5.27. The molecule has 1 aromatic heterocycles. The second kappa shape index (κ2) is 8.64. The summed E-state index contributed by atoms with van der Waals surface area (Å²) in [7, 11) is 0. The van der Waals surface area contributed by atoms with Gasteiger partial charge in [0.25, 0.3) is 5.60 Å². The number of oxime groups is 1. The van der Waals surface area contributed by atoms with Crippen molar-refractivity contribution in [2.24, 2.45) is 5.16 Å². The lowest BCUT2D eigenvalue weighted by Crippen LogP contribution is -2.42. The molecule has 0 spiro atoms. The third-order valence-corrected chi connectivity index (χ3v) is 5.71. The van der Waals surface area contributed by atoms with E-state index in [0.717, 1.165) is 16.9 Å². The van der Waals surface area contributed by atoms with Crippen molar-refractivity contribution in [3.63, 3.8) is 0 Å². The van der Waals surface area contributed by atoms with E-state index in [4.69, 9.17) is 28.0 Å². The van der Waals surface area contributed by atoms with Gasteiger partial charge in [-0.3, -0.25) is 4.98 Å². The van der Waals surface area contributed by atoms with Gasteiger partial charge in [0, 0.05) is 39.5 Å². The van der Waals surface area contributed by atoms with Crippen molar-refractivity contribution in [2.45, 2.75) is 31.7 Å². The fourth-order valence-electron chi connectivity index (χ4n) is 3.53. The van der Waals surface area contributed by atoms with Gasteiger partial charge in [-0.25, -0.2) is 0 Å². The maximum Gasteiger partial charge on any atom is 0.435 e. The summed E-state index contributed by atoms with van der Waals surface area (Å²) < 4.78 is 42.6. The fraction of sp³-hybridized carbons (Fsp3) is 0.217. The number of nitrogens with zero attached hydrogens (tertiary/aromatic N) is 2. The molecular weight excluding hydrogens is 462 g/mol. The highest BCUT2D eigenvalue weighted by molar-refractivity contribution is 6.34. The molecule has 0 saturated carbocycles. The summed E-state index contributed by atoms with van der Waals surface area (Å²) in [6.07, 6.45) is -3.55. The molecule has 4 rings (SSSR count). The number of pyridine rings is 1. The molecule has 0 aliphatic carbocycles. The van der Waals surface area contributed by atoms with Crippen LogP contribution in [0.15, 0.2) is 65.9 Å². The highest BCUT2D eigenvalue weighted by atomic mass is 35.5. The van der Waals surface area contributed by atoms with Gasteiger partial charge in [0.2, 0.25) is 0 Å². The van der Waals surface area contributed by atoms with Gasteiger partial charge < -0.3 is 10.2 Å². The Kier molecular flexibility index (Phi) is 6.05. The molecule has 1 aliphatic heterocycles. The van der Waals surface area contributed by atoms with Crippen molar-refractivity contribution >= 4 is 34.6 Å². The monoisotopic (exact) mass is 479 g/mol. The van der Waals surface area contributed by atoms with Gasteiger partial charge in [0.15, 0.2) is 0 Å². The Labute approximate surface area is 193 Å². The summed E-state index contributed by atoms with van der Waals surface area (Å²) in [4.78, 5) is 9.35. The molecule has 1 N–H and O–H groups in total. The maximum absolute atomic E-state index is 14.2. The van der Waals surface area contributed by atoms with Crippen LogP contribution in [0.5, 0.6) is 0 Å². The summed E-state index contributed by atoms with van der Waals surface area (Å²) >= 11 is 11.9. The van der Waals surface area contributed by atoms with E-state index in [1.807, 2.05) is 31.2 Å². The first-order valence-corrected chi connectivity index (χ1v) is 10.5. The second-order valence-corrected chi connectivity index (χ2v) is 8.37. The minimum absolute atomic E-state index is 0.0875. The zero-order chi connectivity index (χ0) is 22.9. The number of anilines is 1. The number of nitrogens with one attached hydrogen (secondary N) is 1. The normalized spacial score (nSPS) is 18.2. The molecule has 1 unspecified atom stereocenters. The van der Waals surface area contributed by atoms with Gasteiger partial charge in [0.05, 0.1) is 18.0 Å². The van der Waals surface area contributed by atoms with Crippen molar-refractivity contribution in [3.8, 4) is 0 Å². The standard InChI is InChI=1S/C23H18Cl2F3N3O/c1-14-5-6-15(8-20(14)30-13-19-4-2-3-7-29-19)21-12-22(32-31-21,23(26,27)28)16-9-17(24)11-18(25)10-16/h2-11,30H,12-13H2,1H3. The molecule has 32 heavy (non-hydrogen) atoms. The number of rotatable bonds is 5. The van der Waals surface area contributed by atoms with Crippen LogP contribution in [0.3, 0.4) is 0 Å². The molecule has 0 bridgehead atoms.